The smallest absolute Gasteiger partial charge is 0.232 e. The van der Waals surface area contributed by atoms with Crippen LogP contribution in [0.15, 0.2) is 24.3 Å². The lowest BCUT2D eigenvalue weighted by Gasteiger charge is -2.17. The number of fused-ring (bicyclic) bond motifs is 1. The van der Waals surface area contributed by atoms with E-state index in [1.165, 1.54) is 0 Å². The Morgan fingerprint density at radius 3 is 2.90 bits per heavy atom. The van der Waals surface area contributed by atoms with Gasteiger partial charge in [-0.2, -0.15) is 5.26 Å². The van der Waals surface area contributed by atoms with Gasteiger partial charge in [0.1, 0.15) is 6.07 Å². The molecule has 0 aliphatic carbocycles. The first-order chi connectivity index (χ1) is 9.65. The van der Waals surface area contributed by atoms with Gasteiger partial charge in [-0.05, 0) is 37.1 Å². The summed E-state index contributed by atoms with van der Waals surface area (Å²) < 4.78 is 0. The number of aromatic nitrogens is 2. The monoisotopic (exact) mass is 264 g/mol. The molecule has 1 aromatic carbocycles. The molecule has 1 aromatic heterocycles. The molecule has 1 aliphatic rings. The number of anilines is 1. The molecular weight excluding hydrogens is 252 g/mol. The van der Waals surface area contributed by atoms with Crippen LogP contribution in [0.2, 0.25) is 0 Å². The van der Waals surface area contributed by atoms with Crippen LogP contribution in [0.25, 0.3) is 11.3 Å². The summed E-state index contributed by atoms with van der Waals surface area (Å²) in [5.41, 5.74) is 4.38. The summed E-state index contributed by atoms with van der Waals surface area (Å²) in [6.45, 7) is 1.84. The number of amides is 1. The molecule has 0 saturated heterocycles. The van der Waals surface area contributed by atoms with E-state index in [4.69, 9.17) is 5.26 Å². The van der Waals surface area contributed by atoms with Crippen molar-refractivity contribution in [3.8, 4) is 17.3 Å². The van der Waals surface area contributed by atoms with Crippen LogP contribution in [-0.4, -0.2) is 15.9 Å². The van der Waals surface area contributed by atoms with E-state index in [0.717, 1.165) is 34.6 Å². The topological polar surface area (TPSA) is 78.7 Å². The van der Waals surface area contributed by atoms with Crippen LogP contribution in [0.4, 0.5) is 5.69 Å². The lowest BCUT2D eigenvalue weighted by Crippen LogP contribution is -2.18. The van der Waals surface area contributed by atoms with Crippen molar-refractivity contribution in [1.29, 1.82) is 5.26 Å². The Kier molecular flexibility index (Phi) is 2.92. The Labute approximate surface area is 116 Å². The van der Waals surface area contributed by atoms with E-state index in [9.17, 15) is 4.79 Å². The Morgan fingerprint density at radius 1 is 1.25 bits per heavy atom. The number of carbonyl (C=O) groups is 1. The molecule has 0 unspecified atom stereocenters. The molecule has 3 rings (SSSR count). The van der Waals surface area contributed by atoms with E-state index in [2.05, 4.69) is 15.3 Å². The van der Waals surface area contributed by atoms with Gasteiger partial charge in [-0.3, -0.25) is 4.79 Å². The summed E-state index contributed by atoms with van der Waals surface area (Å²) >= 11 is 0. The van der Waals surface area contributed by atoms with Crippen LogP contribution in [0.3, 0.4) is 0 Å². The summed E-state index contributed by atoms with van der Waals surface area (Å²) in [4.78, 5) is 19.6. The fourth-order valence-electron chi connectivity index (χ4n) is 2.31. The molecule has 5 nitrogen and oxygen atoms in total. The second-order valence-corrected chi connectivity index (χ2v) is 4.75. The van der Waals surface area contributed by atoms with E-state index in [1.54, 1.807) is 0 Å². The number of hydrogen-bond donors (Lipinski definition) is 1. The molecular formula is C15H12N4O. The molecule has 0 fully saturated rings. The van der Waals surface area contributed by atoms with Crippen LogP contribution < -0.4 is 5.32 Å². The lowest BCUT2D eigenvalue weighted by molar-refractivity contribution is -0.116. The number of nitriles is 1. The first kappa shape index (κ1) is 12.3. The molecule has 0 bridgehead atoms. The van der Waals surface area contributed by atoms with Gasteiger partial charge in [0.15, 0.2) is 0 Å². The second-order valence-electron chi connectivity index (χ2n) is 4.75. The third-order valence-electron chi connectivity index (χ3n) is 3.25. The maximum absolute atomic E-state index is 11.3. The van der Waals surface area contributed by atoms with Gasteiger partial charge < -0.3 is 5.32 Å². The van der Waals surface area contributed by atoms with Crippen LogP contribution >= 0.6 is 0 Å². The zero-order valence-electron chi connectivity index (χ0n) is 11.0. The standard InChI is InChI=1S/C15H12N4O/c1-9-6-13(18-14(8-16)17-9)11-2-4-12-10(7-11)3-5-15(20)19-12/h2,4,6-7H,3,5H2,1H3,(H,19,20). The first-order valence-electron chi connectivity index (χ1n) is 6.34. The SMILES string of the molecule is Cc1cc(-c2ccc3c(c2)CCC(=O)N3)nc(C#N)n1. The zero-order chi connectivity index (χ0) is 14.1. The Morgan fingerprint density at radius 2 is 2.10 bits per heavy atom. The summed E-state index contributed by atoms with van der Waals surface area (Å²) in [5, 5.41) is 11.8. The van der Waals surface area contributed by atoms with Crippen molar-refractivity contribution in [1.82, 2.24) is 9.97 Å². The minimum Gasteiger partial charge on any atom is -0.326 e. The number of rotatable bonds is 1. The summed E-state index contributed by atoms with van der Waals surface area (Å²) in [6, 6.07) is 9.61. The molecule has 1 aliphatic heterocycles. The molecule has 0 spiro atoms. The van der Waals surface area contributed by atoms with Gasteiger partial charge in [0.2, 0.25) is 11.7 Å². The molecule has 1 N–H and O–H groups in total. The van der Waals surface area contributed by atoms with Gasteiger partial charge >= 0.3 is 0 Å². The minimum absolute atomic E-state index is 0.0508. The van der Waals surface area contributed by atoms with Crippen LogP contribution in [0.5, 0.6) is 0 Å². The molecule has 0 radical (unpaired) electrons. The molecule has 5 heteroatoms. The third-order valence-corrected chi connectivity index (χ3v) is 3.25. The van der Waals surface area contributed by atoms with E-state index in [-0.39, 0.29) is 11.7 Å². The number of carbonyl (C=O) groups excluding carboxylic acids is 1. The number of nitrogens with zero attached hydrogens (tertiary/aromatic N) is 3. The fourth-order valence-corrected chi connectivity index (χ4v) is 2.31. The molecule has 0 saturated carbocycles. The highest BCUT2D eigenvalue weighted by Gasteiger charge is 2.15. The van der Waals surface area contributed by atoms with E-state index >= 15 is 0 Å². The summed E-state index contributed by atoms with van der Waals surface area (Å²) in [6.07, 6.45) is 1.23. The number of aryl methyl sites for hydroxylation is 2. The highest BCUT2D eigenvalue weighted by atomic mass is 16.1. The van der Waals surface area contributed by atoms with E-state index in [1.807, 2.05) is 37.3 Å². The third kappa shape index (κ3) is 2.24. The Balaban J connectivity index is 2.05. The maximum Gasteiger partial charge on any atom is 0.232 e. The number of benzene rings is 1. The van der Waals surface area contributed by atoms with Gasteiger partial charge in [0.25, 0.3) is 0 Å². The number of nitrogens with one attached hydrogen (secondary N) is 1. The highest BCUT2D eigenvalue weighted by molar-refractivity contribution is 5.94. The van der Waals surface area contributed by atoms with Crippen molar-refractivity contribution in [2.24, 2.45) is 0 Å². The molecule has 1 amide bonds. The van der Waals surface area contributed by atoms with E-state index in [0.29, 0.717) is 6.42 Å². The van der Waals surface area contributed by atoms with Crippen LogP contribution in [-0.2, 0) is 11.2 Å². The molecule has 20 heavy (non-hydrogen) atoms. The first-order valence-corrected chi connectivity index (χ1v) is 6.34. The van der Waals surface area contributed by atoms with Gasteiger partial charge in [0, 0.05) is 23.4 Å². The predicted molar refractivity (Wildman–Crippen MR) is 73.9 cm³/mol. The van der Waals surface area contributed by atoms with Gasteiger partial charge in [-0.15, -0.1) is 0 Å². The van der Waals surface area contributed by atoms with Gasteiger partial charge in [-0.25, -0.2) is 9.97 Å². The Bertz CT molecular complexity index is 746. The van der Waals surface area contributed by atoms with Crippen LogP contribution in [0.1, 0.15) is 23.5 Å². The summed E-state index contributed by atoms with van der Waals surface area (Å²) in [5.74, 6) is 0.223. The molecule has 2 heterocycles. The fraction of sp³-hybridized carbons (Fsp3) is 0.200. The van der Waals surface area contributed by atoms with Crippen molar-refractivity contribution >= 4 is 11.6 Å². The molecule has 98 valence electrons. The molecule has 0 atom stereocenters. The summed E-state index contributed by atoms with van der Waals surface area (Å²) in [7, 11) is 0. The maximum atomic E-state index is 11.3. The Hall–Kier alpha value is -2.74. The zero-order valence-corrected chi connectivity index (χ0v) is 11.0. The average molecular weight is 264 g/mol. The van der Waals surface area contributed by atoms with Crippen molar-refractivity contribution in [2.45, 2.75) is 19.8 Å². The van der Waals surface area contributed by atoms with E-state index < -0.39 is 0 Å². The van der Waals surface area contributed by atoms with Crippen molar-refractivity contribution in [2.75, 3.05) is 5.32 Å². The van der Waals surface area contributed by atoms with Gasteiger partial charge in [0.05, 0.1) is 5.69 Å². The van der Waals surface area contributed by atoms with Gasteiger partial charge in [-0.1, -0.05) is 6.07 Å². The van der Waals surface area contributed by atoms with Crippen LogP contribution in [0, 0.1) is 18.3 Å². The largest absolute Gasteiger partial charge is 0.326 e. The van der Waals surface area contributed by atoms with Crippen molar-refractivity contribution in [3.05, 3.63) is 41.3 Å². The predicted octanol–water partition coefficient (Wildman–Crippen LogP) is 2.21. The van der Waals surface area contributed by atoms with Crippen molar-refractivity contribution < 1.29 is 4.79 Å². The molecule has 2 aromatic rings. The second kappa shape index (κ2) is 4.74. The average Bonchev–Trinajstić information content (AvgIpc) is 2.46. The quantitative estimate of drug-likeness (QED) is 0.856. The highest BCUT2D eigenvalue weighted by Crippen LogP contribution is 2.28. The lowest BCUT2D eigenvalue weighted by atomic mass is 9.99. The minimum atomic E-state index is 0.0508. The van der Waals surface area contributed by atoms with Crippen molar-refractivity contribution in [3.63, 3.8) is 0 Å². The number of hydrogen-bond acceptors (Lipinski definition) is 4. The normalized spacial score (nSPS) is 13.3.